The molecule has 2 aromatic heterocycles. The monoisotopic (exact) mass is 430 g/mol. The number of aryl methyl sites for hydroxylation is 2. The molecule has 1 amide bonds. The standard InChI is InChI=1S/C20H22N4OS3/c1-12-4-5-16(10-13(12)2)21-19-22-23-20(28-19)27-14(3)18(25)24-8-6-17-15(11-24)7-9-26-17/h4-5,7,9-10,14H,6,8,11H2,1-3H3,(H,21,22). The van der Waals surface area contributed by atoms with Crippen molar-refractivity contribution in [3.63, 3.8) is 0 Å². The number of nitrogens with zero attached hydrogens (tertiary/aromatic N) is 3. The first-order chi connectivity index (χ1) is 13.5. The molecule has 0 saturated heterocycles. The Morgan fingerprint density at radius 2 is 2.11 bits per heavy atom. The summed E-state index contributed by atoms with van der Waals surface area (Å²) in [5.74, 6) is 0.167. The van der Waals surface area contributed by atoms with Gasteiger partial charge in [-0.25, -0.2) is 0 Å². The van der Waals surface area contributed by atoms with Gasteiger partial charge in [0.05, 0.1) is 5.25 Å². The number of carbonyl (C=O) groups excluding carboxylic acids is 1. The number of nitrogens with one attached hydrogen (secondary N) is 1. The second kappa shape index (κ2) is 8.23. The molecule has 0 fully saturated rings. The van der Waals surface area contributed by atoms with Gasteiger partial charge in [0.25, 0.3) is 0 Å². The first-order valence-electron chi connectivity index (χ1n) is 9.18. The molecule has 3 heterocycles. The summed E-state index contributed by atoms with van der Waals surface area (Å²) >= 11 is 4.75. The van der Waals surface area contributed by atoms with Crippen LogP contribution < -0.4 is 5.32 Å². The number of hydrogen-bond donors (Lipinski definition) is 1. The minimum atomic E-state index is -0.178. The average molecular weight is 431 g/mol. The molecule has 1 N–H and O–H groups in total. The second-order valence-electron chi connectivity index (χ2n) is 6.94. The number of anilines is 2. The van der Waals surface area contributed by atoms with E-state index < -0.39 is 0 Å². The molecule has 8 heteroatoms. The van der Waals surface area contributed by atoms with Gasteiger partial charge in [0.1, 0.15) is 0 Å². The number of hydrogen-bond acceptors (Lipinski definition) is 7. The van der Waals surface area contributed by atoms with E-state index in [-0.39, 0.29) is 11.2 Å². The van der Waals surface area contributed by atoms with E-state index in [1.54, 1.807) is 11.3 Å². The van der Waals surface area contributed by atoms with Crippen molar-refractivity contribution in [2.24, 2.45) is 0 Å². The molecule has 1 atom stereocenters. The molecular formula is C20H22N4OS3. The Kier molecular flexibility index (Phi) is 5.70. The summed E-state index contributed by atoms with van der Waals surface area (Å²) in [6.07, 6.45) is 0.957. The van der Waals surface area contributed by atoms with Crippen LogP contribution in [0.1, 0.15) is 28.5 Å². The van der Waals surface area contributed by atoms with Crippen molar-refractivity contribution < 1.29 is 4.79 Å². The van der Waals surface area contributed by atoms with Crippen LogP contribution in [-0.4, -0.2) is 32.8 Å². The van der Waals surface area contributed by atoms with E-state index >= 15 is 0 Å². The van der Waals surface area contributed by atoms with Crippen LogP contribution in [-0.2, 0) is 17.8 Å². The molecule has 4 rings (SSSR count). The smallest absolute Gasteiger partial charge is 0.236 e. The topological polar surface area (TPSA) is 58.1 Å². The zero-order valence-electron chi connectivity index (χ0n) is 16.1. The van der Waals surface area contributed by atoms with Gasteiger partial charge >= 0.3 is 0 Å². The molecule has 0 aliphatic carbocycles. The van der Waals surface area contributed by atoms with E-state index in [4.69, 9.17) is 0 Å². The maximum absolute atomic E-state index is 12.9. The summed E-state index contributed by atoms with van der Waals surface area (Å²) in [5, 5.41) is 14.5. The number of aromatic nitrogens is 2. The third-order valence-corrected chi connectivity index (χ3v) is 7.94. The van der Waals surface area contributed by atoms with Crippen LogP contribution in [0.2, 0.25) is 0 Å². The van der Waals surface area contributed by atoms with E-state index in [9.17, 15) is 4.79 Å². The number of rotatable bonds is 5. The van der Waals surface area contributed by atoms with Crippen LogP contribution in [0.4, 0.5) is 10.8 Å². The lowest BCUT2D eigenvalue weighted by molar-refractivity contribution is -0.131. The Hall–Kier alpha value is -1.90. The number of thioether (sulfide) groups is 1. The molecule has 0 radical (unpaired) electrons. The van der Waals surface area contributed by atoms with Gasteiger partial charge in [-0.15, -0.1) is 21.5 Å². The van der Waals surface area contributed by atoms with Crippen molar-refractivity contribution in [1.82, 2.24) is 15.1 Å². The highest BCUT2D eigenvalue weighted by Crippen LogP contribution is 2.32. The minimum absolute atomic E-state index is 0.167. The first-order valence-corrected chi connectivity index (χ1v) is 11.8. The van der Waals surface area contributed by atoms with Gasteiger partial charge in [0, 0.05) is 23.7 Å². The van der Waals surface area contributed by atoms with E-state index in [2.05, 4.69) is 52.9 Å². The molecule has 0 bridgehead atoms. The Bertz CT molecular complexity index is 997. The van der Waals surface area contributed by atoms with Crippen molar-refractivity contribution in [2.45, 2.75) is 43.3 Å². The van der Waals surface area contributed by atoms with E-state index in [1.165, 1.54) is 44.7 Å². The maximum Gasteiger partial charge on any atom is 0.236 e. The highest BCUT2D eigenvalue weighted by atomic mass is 32.2. The van der Waals surface area contributed by atoms with E-state index in [0.29, 0.717) is 0 Å². The molecular weight excluding hydrogens is 408 g/mol. The fraction of sp³-hybridized carbons (Fsp3) is 0.350. The zero-order chi connectivity index (χ0) is 19.7. The van der Waals surface area contributed by atoms with Gasteiger partial charge in [-0.1, -0.05) is 29.2 Å². The van der Waals surface area contributed by atoms with Gasteiger partial charge in [-0.2, -0.15) is 0 Å². The van der Waals surface area contributed by atoms with Gasteiger partial charge < -0.3 is 10.2 Å². The Balaban J connectivity index is 1.36. The number of fused-ring (bicyclic) bond motifs is 1. The largest absolute Gasteiger partial charge is 0.337 e. The molecule has 1 unspecified atom stereocenters. The number of benzene rings is 1. The normalized spacial score (nSPS) is 14.6. The van der Waals surface area contributed by atoms with E-state index in [0.717, 1.165) is 34.7 Å². The summed E-state index contributed by atoms with van der Waals surface area (Å²) in [7, 11) is 0. The van der Waals surface area contributed by atoms with Crippen LogP contribution in [0.15, 0.2) is 34.0 Å². The predicted molar refractivity (Wildman–Crippen MR) is 118 cm³/mol. The van der Waals surface area contributed by atoms with Crippen LogP contribution in [0.5, 0.6) is 0 Å². The third kappa shape index (κ3) is 4.24. The predicted octanol–water partition coefficient (Wildman–Crippen LogP) is 5.03. The fourth-order valence-electron chi connectivity index (χ4n) is 3.15. The van der Waals surface area contributed by atoms with Crippen molar-refractivity contribution in [1.29, 1.82) is 0 Å². The Morgan fingerprint density at radius 1 is 1.25 bits per heavy atom. The van der Waals surface area contributed by atoms with Crippen LogP contribution in [0, 0.1) is 13.8 Å². The molecule has 28 heavy (non-hydrogen) atoms. The maximum atomic E-state index is 12.9. The third-order valence-electron chi connectivity index (χ3n) is 4.91. The molecule has 3 aromatic rings. The van der Waals surface area contributed by atoms with Crippen LogP contribution in [0.25, 0.3) is 0 Å². The lowest BCUT2D eigenvalue weighted by atomic mass is 10.1. The van der Waals surface area contributed by atoms with Gasteiger partial charge in [-0.3, -0.25) is 4.79 Å². The zero-order valence-corrected chi connectivity index (χ0v) is 18.5. The number of carbonyl (C=O) groups is 1. The summed E-state index contributed by atoms with van der Waals surface area (Å²) in [6, 6.07) is 8.36. The average Bonchev–Trinajstić information content (AvgIpc) is 3.32. The lowest BCUT2D eigenvalue weighted by Crippen LogP contribution is -2.39. The van der Waals surface area contributed by atoms with Crippen molar-refractivity contribution in [2.75, 3.05) is 11.9 Å². The number of amides is 1. The van der Waals surface area contributed by atoms with Gasteiger partial charge in [0.15, 0.2) is 4.34 Å². The summed E-state index contributed by atoms with van der Waals surface area (Å²) in [5.41, 5.74) is 4.79. The lowest BCUT2D eigenvalue weighted by Gasteiger charge is -2.28. The Morgan fingerprint density at radius 3 is 2.93 bits per heavy atom. The molecule has 1 aromatic carbocycles. The second-order valence-corrected chi connectivity index (χ2v) is 10.5. The Labute approximate surface area is 177 Å². The molecule has 5 nitrogen and oxygen atoms in total. The van der Waals surface area contributed by atoms with Gasteiger partial charge in [0.2, 0.25) is 11.0 Å². The summed E-state index contributed by atoms with van der Waals surface area (Å²) in [4.78, 5) is 16.2. The number of thiophene rings is 1. The summed E-state index contributed by atoms with van der Waals surface area (Å²) < 4.78 is 0.806. The van der Waals surface area contributed by atoms with Crippen molar-refractivity contribution >= 4 is 51.2 Å². The highest BCUT2D eigenvalue weighted by Gasteiger charge is 2.26. The molecule has 0 spiro atoms. The minimum Gasteiger partial charge on any atom is -0.337 e. The molecule has 0 saturated carbocycles. The molecule has 1 aliphatic heterocycles. The quantitative estimate of drug-likeness (QED) is 0.576. The van der Waals surface area contributed by atoms with Crippen molar-refractivity contribution in [3.05, 3.63) is 51.2 Å². The molecule has 1 aliphatic rings. The molecule has 146 valence electrons. The fourth-order valence-corrected chi connectivity index (χ4v) is 6.04. The van der Waals surface area contributed by atoms with Crippen LogP contribution >= 0.6 is 34.4 Å². The highest BCUT2D eigenvalue weighted by molar-refractivity contribution is 8.02. The SMILES string of the molecule is Cc1ccc(Nc2nnc(SC(C)C(=O)N3CCc4sccc4C3)s2)cc1C. The van der Waals surface area contributed by atoms with Crippen LogP contribution in [0.3, 0.4) is 0 Å². The van der Waals surface area contributed by atoms with Crippen molar-refractivity contribution in [3.8, 4) is 0 Å². The van der Waals surface area contributed by atoms with E-state index in [1.807, 2.05) is 17.9 Å². The summed E-state index contributed by atoms with van der Waals surface area (Å²) in [6.45, 7) is 7.66. The first kappa shape index (κ1) is 19.4. The van der Waals surface area contributed by atoms with Gasteiger partial charge in [-0.05, 0) is 67.5 Å².